The van der Waals surface area contributed by atoms with Gasteiger partial charge in [-0.25, -0.2) is 9.67 Å². The molecule has 0 aliphatic heterocycles. The summed E-state index contributed by atoms with van der Waals surface area (Å²) >= 11 is 1.42. The number of nitrogens with zero attached hydrogens (tertiary/aromatic N) is 10. The highest BCUT2D eigenvalue weighted by Crippen LogP contribution is 2.25. The number of anilines is 1. The Morgan fingerprint density at radius 3 is 2.91 bits per heavy atom. The van der Waals surface area contributed by atoms with Gasteiger partial charge >= 0.3 is 0 Å². The lowest BCUT2D eigenvalue weighted by molar-refractivity contribution is 0.289. The molecule has 12 nitrogen and oxygen atoms in total. The van der Waals surface area contributed by atoms with Crippen LogP contribution in [0.1, 0.15) is 11.5 Å². The first-order valence-corrected chi connectivity index (χ1v) is 11.6. The van der Waals surface area contributed by atoms with Crippen LogP contribution < -0.4 is 10.1 Å². The fourth-order valence-electron chi connectivity index (χ4n) is 3.58. The van der Waals surface area contributed by atoms with Crippen LogP contribution in [-0.2, 0) is 13.1 Å². The van der Waals surface area contributed by atoms with Crippen molar-refractivity contribution < 1.29 is 4.74 Å². The minimum atomic E-state index is 0.413. The first-order chi connectivity index (χ1) is 17.2. The molecule has 0 spiro atoms. The summed E-state index contributed by atoms with van der Waals surface area (Å²) in [6.45, 7) is 3.42. The van der Waals surface area contributed by atoms with Crippen LogP contribution >= 0.6 is 11.5 Å². The van der Waals surface area contributed by atoms with Crippen molar-refractivity contribution in [2.45, 2.75) is 20.0 Å². The fourth-order valence-corrected chi connectivity index (χ4v) is 4.30. The first-order valence-electron chi connectivity index (χ1n) is 10.8. The monoisotopic (exact) mass is 485 g/mol. The van der Waals surface area contributed by atoms with E-state index in [9.17, 15) is 0 Å². The minimum Gasteiger partial charge on any atom is -0.490 e. The van der Waals surface area contributed by atoms with Gasteiger partial charge < -0.3 is 10.1 Å². The average Bonchev–Trinajstić information content (AvgIpc) is 3.64. The van der Waals surface area contributed by atoms with E-state index < -0.39 is 0 Å². The third-order valence-corrected chi connectivity index (χ3v) is 6.16. The molecule has 0 unspecified atom stereocenters. The maximum atomic E-state index is 5.80. The number of aromatic nitrogens is 10. The Morgan fingerprint density at radius 2 is 2.06 bits per heavy atom. The van der Waals surface area contributed by atoms with Gasteiger partial charge in [0.2, 0.25) is 0 Å². The van der Waals surface area contributed by atoms with Crippen molar-refractivity contribution in [1.29, 1.82) is 0 Å². The highest BCUT2D eigenvalue weighted by Gasteiger charge is 2.12. The highest BCUT2D eigenvalue weighted by molar-refractivity contribution is 7.09. The Morgan fingerprint density at radius 1 is 1.09 bits per heavy atom. The largest absolute Gasteiger partial charge is 0.490 e. The van der Waals surface area contributed by atoms with E-state index in [0.717, 1.165) is 33.0 Å². The number of ether oxygens (including phenoxy) is 1. The summed E-state index contributed by atoms with van der Waals surface area (Å²) in [7, 11) is 0. The molecule has 6 rings (SSSR count). The Bertz CT molecular complexity index is 1610. The SMILES string of the molecule is Cc1cc(-c2ccc3nnc(CNc4ccnc5cc(OCCn6ccnn6)cnc45)n3n2)sn1. The summed E-state index contributed by atoms with van der Waals surface area (Å²) < 4.78 is 13.6. The van der Waals surface area contributed by atoms with Gasteiger partial charge in [0.15, 0.2) is 11.5 Å². The summed E-state index contributed by atoms with van der Waals surface area (Å²) in [6, 6.07) is 9.60. The normalized spacial score (nSPS) is 11.3. The second-order valence-electron chi connectivity index (χ2n) is 7.70. The van der Waals surface area contributed by atoms with Crippen molar-refractivity contribution >= 4 is 33.9 Å². The molecule has 6 heterocycles. The molecule has 35 heavy (non-hydrogen) atoms. The third kappa shape index (κ3) is 4.36. The minimum absolute atomic E-state index is 0.413. The smallest absolute Gasteiger partial charge is 0.178 e. The molecule has 0 aliphatic carbocycles. The zero-order valence-corrected chi connectivity index (χ0v) is 19.4. The first kappa shape index (κ1) is 21.0. The molecule has 0 aliphatic rings. The molecular formula is C22H19N11OS. The molecule has 0 saturated carbocycles. The van der Waals surface area contributed by atoms with E-state index >= 15 is 0 Å². The molecule has 13 heteroatoms. The second kappa shape index (κ2) is 9.02. The Labute approximate surface area is 202 Å². The van der Waals surface area contributed by atoms with Gasteiger partial charge in [-0.1, -0.05) is 5.21 Å². The molecule has 0 radical (unpaired) electrons. The Balaban J connectivity index is 1.19. The van der Waals surface area contributed by atoms with E-state index in [0.29, 0.717) is 36.9 Å². The highest BCUT2D eigenvalue weighted by atomic mass is 32.1. The maximum Gasteiger partial charge on any atom is 0.178 e. The number of rotatable bonds is 8. The molecule has 174 valence electrons. The second-order valence-corrected chi connectivity index (χ2v) is 8.51. The number of pyridine rings is 2. The van der Waals surface area contributed by atoms with Crippen LogP contribution in [0.3, 0.4) is 0 Å². The number of aryl methyl sites for hydroxylation is 1. The molecule has 6 aromatic rings. The Hall–Kier alpha value is -4.52. The molecule has 0 bridgehead atoms. The summed E-state index contributed by atoms with van der Waals surface area (Å²) in [6.07, 6.45) is 6.84. The van der Waals surface area contributed by atoms with Crippen molar-refractivity contribution in [3.05, 3.63) is 66.6 Å². The predicted octanol–water partition coefficient (Wildman–Crippen LogP) is 2.78. The van der Waals surface area contributed by atoms with Crippen LogP contribution in [0.4, 0.5) is 5.69 Å². The molecule has 0 fully saturated rings. The number of hydrogen-bond acceptors (Lipinski definition) is 11. The average molecular weight is 486 g/mol. The van der Waals surface area contributed by atoms with Crippen LogP contribution in [0.2, 0.25) is 0 Å². The maximum absolute atomic E-state index is 5.80. The number of hydrogen-bond donors (Lipinski definition) is 1. The zero-order valence-electron chi connectivity index (χ0n) is 18.6. The van der Waals surface area contributed by atoms with Gasteiger partial charge in [-0.3, -0.25) is 4.98 Å². The summed E-state index contributed by atoms with van der Waals surface area (Å²) in [5.41, 5.74) is 4.77. The quantitative estimate of drug-likeness (QED) is 0.343. The van der Waals surface area contributed by atoms with E-state index in [1.807, 2.05) is 37.3 Å². The van der Waals surface area contributed by atoms with Crippen molar-refractivity contribution in [2.24, 2.45) is 0 Å². The molecule has 0 atom stereocenters. The van der Waals surface area contributed by atoms with Gasteiger partial charge in [-0.2, -0.15) is 14.0 Å². The molecule has 6 aromatic heterocycles. The topological polar surface area (TPSA) is 134 Å². The van der Waals surface area contributed by atoms with E-state index in [1.165, 1.54) is 11.5 Å². The van der Waals surface area contributed by atoms with Gasteiger partial charge in [0, 0.05) is 18.5 Å². The van der Waals surface area contributed by atoms with Gasteiger partial charge in [0.1, 0.15) is 23.6 Å². The third-order valence-electron chi connectivity index (χ3n) is 5.26. The van der Waals surface area contributed by atoms with E-state index in [2.05, 4.69) is 40.2 Å². The summed E-state index contributed by atoms with van der Waals surface area (Å²) in [5, 5.41) is 24.4. The standard InChI is InChI=1S/C22H19N11OS/c1-14-10-19(35-30-14)16-2-3-20-27-28-21(33(20)29-16)13-24-17-4-5-23-18-11-15(12-25-22(17)18)34-9-8-32-7-6-26-31-32/h2-7,10-12H,8-9,13H2,1H3,(H,23,24). The van der Waals surface area contributed by atoms with Gasteiger partial charge in [-0.15, -0.1) is 15.3 Å². The van der Waals surface area contributed by atoms with Crippen LogP contribution in [-0.4, -0.2) is 55.8 Å². The van der Waals surface area contributed by atoms with Crippen molar-refractivity contribution in [3.8, 4) is 16.3 Å². The van der Waals surface area contributed by atoms with Crippen LogP contribution in [0, 0.1) is 6.92 Å². The molecule has 0 saturated heterocycles. The molecule has 0 amide bonds. The summed E-state index contributed by atoms with van der Waals surface area (Å²) in [5.74, 6) is 1.32. The lowest BCUT2D eigenvalue weighted by atomic mass is 10.2. The van der Waals surface area contributed by atoms with Gasteiger partial charge in [-0.05, 0) is 42.7 Å². The summed E-state index contributed by atoms with van der Waals surface area (Å²) in [4.78, 5) is 10.0. The van der Waals surface area contributed by atoms with Crippen molar-refractivity contribution in [3.63, 3.8) is 0 Å². The molecular weight excluding hydrogens is 466 g/mol. The van der Waals surface area contributed by atoms with Gasteiger partial charge in [0.05, 0.1) is 47.3 Å². The molecule has 1 N–H and O–H groups in total. The lowest BCUT2D eigenvalue weighted by Crippen LogP contribution is -2.09. The van der Waals surface area contributed by atoms with Crippen molar-refractivity contribution in [1.82, 2.24) is 49.1 Å². The van der Waals surface area contributed by atoms with E-state index in [4.69, 9.17) is 9.84 Å². The van der Waals surface area contributed by atoms with Crippen LogP contribution in [0.25, 0.3) is 27.3 Å². The van der Waals surface area contributed by atoms with Gasteiger partial charge in [0.25, 0.3) is 0 Å². The predicted molar refractivity (Wildman–Crippen MR) is 129 cm³/mol. The fraction of sp³-hybridized carbons (Fsp3) is 0.182. The Kier molecular flexibility index (Phi) is 5.42. The van der Waals surface area contributed by atoms with Crippen molar-refractivity contribution in [2.75, 3.05) is 11.9 Å². The lowest BCUT2D eigenvalue weighted by Gasteiger charge is -2.10. The van der Waals surface area contributed by atoms with E-state index in [1.54, 1.807) is 34.0 Å². The number of fused-ring (bicyclic) bond motifs is 2. The molecule has 0 aromatic carbocycles. The number of nitrogens with one attached hydrogen (secondary N) is 1. The van der Waals surface area contributed by atoms with Crippen LogP contribution in [0.15, 0.2) is 55.1 Å². The van der Waals surface area contributed by atoms with E-state index in [-0.39, 0.29) is 0 Å². The van der Waals surface area contributed by atoms with Crippen LogP contribution in [0.5, 0.6) is 5.75 Å². The zero-order chi connectivity index (χ0) is 23.6.